The average Bonchev–Trinajstić information content (AvgIpc) is 3.43. The van der Waals surface area contributed by atoms with E-state index in [1.807, 2.05) is 127 Å². The maximum absolute atomic E-state index is 15.3. The van der Waals surface area contributed by atoms with E-state index in [1.54, 1.807) is 0 Å². The van der Waals surface area contributed by atoms with Gasteiger partial charge < -0.3 is 28.8 Å². The zero-order valence-electron chi connectivity index (χ0n) is 39.0. The number of benzene rings is 8. The molecular formula is C63H55NO6. The molecule has 0 spiro atoms. The Morgan fingerprint density at radius 3 is 1.00 bits per heavy atom. The van der Waals surface area contributed by atoms with Crippen molar-refractivity contribution < 1.29 is 33.4 Å². The summed E-state index contributed by atoms with van der Waals surface area (Å²) in [6.45, 7) is 1.27. The van der Waals surface area contributed by atoms with Crippen LogP contribution in [0.4, 0.5) is 0 Å². The summed E-state index contributed by atoms with van der Waals surface area (Å²) in [6.07, 6.45) is -2.21. The maximum atomic E-state index is 15.3. The summed E-state index contributed by atoms with van der Waals surface area (Å²) >= 11 is 0. The first-order chi connectivity index (χ1) is 34.7. The number of nitrogens with zero attached hydrogens (tertiary/aromatic N) is 1. The lowest BCUT2D eigenvalue weighted by Gasteiger charge is -2.31. The van der Waals surface area contributed by atoms with Gasteiger partial charge in [-0.1, -0.05) is 194 Å². The average molecular weight is 922 g/mol. The molecule has 1 aliphatic rings. The van der Waals surface area contributed by atoms with Crippen molar-refractivity contribution in [2.75, 3.05) is 26.4 Å². The molecule has 0 fully saturated rings. The van der Waals surface area contributed by atoms with Crippen molar-refractivity contribution >= 4 is 0 Å². The van der Waals surface area contributed by atoms with E-state index in [0.717, 1.165) is 61.6 Å². The minimum Gasteiger partial charge on any atom is -0.872 e. The minimum absolute atomic E-state index is 0.00963. The minimum atomic E-state index is -0.583. The van der Waals surface area contributed by atoms with E-state index >= 15 is 5.11 Å². The van der Waals surface area contributed by atoms with Crippen LogP contribution in [0.25, 0.3) is 39.3 Å². The van der Waals surface area contributed by atoms with Crippen LogP contribution in [0.5, 0.6) is 5.75 Å². The first-order valence-corrected chi connectivity index (χ1v) is 24.0. The topological polar surface area (TPSA) is 73.1 Å². The lowest BCUT2D eigenvalue weighted by molar-refractivity contribution is -0.572. The highest BCUT2D eigenvalue weighted by molar-refractivity contribution is 5.74. The lowest BCUT2D eigenvalue weighted by Crippen LogP contribution is -2.37. The molecule has 0 radical (unpaired) electrons. The molecule has 0 saturated heterocycles. The Labute approximate surface area is 410 Å². The van der Waals surface area contributed by atoms with Crippen LogP contribution >= 0.6 is 0 Å². The first-order valence-electron chi connectivity index (χ1n) is 24.0. The number of hydrogen-bond acceptors (Lipinski definition) is 6. The molecular weight excluding hydrogens is 867 g/mol. The van der Waals surface area contributed by atoms with Gasteiger partial charge in [-0.15, -0.1) is 0 Å². The molecule has 4 atom stereocenters. The third kappa shape index (κ3) is 10.9. The number of fused-ring (bicyclic) bond motifs is 2. The van der Waals surface area contributed by atoms with E-state index < -0.39 is 24.4 Å². The van der Waals surface area contributed by atoms with Crippen LogP contribution in [-0.4, -0.2) is 26.4 Å². The number of pyridine rings is 1. The molecule has 348 valence electrons. The quantitative estimate of drug-likeness (QED) is 0.141. The highest BCUT2D eigenvalue weighted by atomic mass is 16.6. The molecule has 7 nitrogen and oxygen atoms in total. The lowest BCUT2D eigenvalue weighted by atomic mass is 9.97. The van der Waals surface area contributed by atoms with E-state index in [-0.39, 0.29) is 19.0 Å². The first kappa shape index (κ1) is 46.2. The van der Waals surface area contributed by atoms with E-state index in [4.69, 9.17) is 23.7 Å². The molecule has 0 aliphatic carbocycles. The van der Waals surface area contributed by atoms with Gasteiger partial charge in [0.05, 0.1) is 39.6 Å². The highest BCUT2D eigenvalue weighted by Crippen LogP contribution is 2.40. The molecule has 9 aromatic rings. The number of rotatable bonds is 8. The highest BCUT2D eigenvalue weighted by Gasteiger charge is 2.31. The molecule has 0 saturated carbocycles. The summed E-state index contributed by atoms with van der Waals surface area (Å²) in [6, 6.07) is 80.2. The monoisotopic (exact) mass is 921 g/mol. The molecule has 2 heterocycles. The second-order valence-corrected chi connectivity index (χ2v) is 17.3. The molecule has 0 amide bonds. The van der Waals surface area contributed by atoms with Crippen molar-refractivity contribution in [2.45, 2.75) is 37.6 Å². The second kappa shape index (κ2) is 22.7. The van der Waals surface area contributed by atoms with E-state index in [2.05, 4.69) is 114 Å². The smallest absolute Gasteiger partial charge is 0.219 e. The van der Waals surface area contributed by atoms with E-state index in [9.17, 15) is 0 Å². The van der Waals surface area contributed by atoms with Gasteiger partial charge in [-0.3, -0.25) is 0 Å². The van der Waals surface area contributed by atoms with Crippen LogP contribution in [0.15, 0.2) is 237 Å². The Morgan fingerprint density at radius 1 is 0.329 bits per heavy atom. The summed E-state index contributed by atoms with van der Waals surface area (Å²) in [7, 11) is 0. The van der Waals surface area contributed by atoms with Gasteiger partial charge in [-0.05, 0) is 68.8 Å². The molecule has 8 aromatic carbocycles. The van der Waals surface area contributed by atoms with Crippen LogP contribution < -0.4 is 9.67 Å². The zero-order chi connectivity index (χ0) is 47.3. The normalized spacial score (nSPS) is 18.3. The van der Waals surface area contributed by atoms with Crippen LogP contribution in [0, 0.1) is 0 Å². The largest absolute Gasteiger partial charge is 0.872 e. The summed E-state index contributed by atoms with van der Waals surface area (Å²) in [5.41, 5.74) is 11.6. The third-order valence-electron chi connectivity index (χ3n) is 12.7. The van der Waals surface area contributed by atoms with Gasteiger partial charge in [-0.25, -0.2) is 0 Å². The number of aromatic nitrogens is 1. The Kier molecular flexibility index (Phi) is 15.0. The van der Waals surface area contributed by atoms with E-state index in [1.165, 1.54) is 0 Å². The summed E-state index contributed by atoms with van der Waals surface area (Å²) in [5.74, 6) is -0.157. The summed E-state index contributed by atoms with van der Waals surface area (Å²) < 4.78 is 36.2. The predicted octanol–water partition coefficient (Wildman–Crippen LogP) is 13.1. The second-order valence-electron chi connectivity index (χ2n) is 17.3. The third-order valence-corrected chi connectivity index (χ3v) is 12.7. The maximum Gasteiger partial charge on any atom is 0.219 e. The van der Waals surface area contributed by atoms with Crippen molar-refractivity contribution in [2.24, 2.45) is 0 Å². The molecule has 0 unspecified atom stereocenters. The summed E-state index contributed by atoms with van der Waals surface area (Å²) in [4.78, 5) is 0. The Morgan fingerprint density at radius 2 is 0.643 bits per heavy atom. The number of ether oxygens (including phenoxy) is 5. The zero-order valence-corrected chi connectivity index (χ0v) is 39.0. The molecule has 1 aromatic heterocycles. The summed E-state index contributed by atoms with van der Waals surface area (Å²) in [5, 5.41) is 15.3. The van der Waals surface area contributed by atoms with Gasteiger partial charge in [0, 0.05) is 35.4 Å². The fourth-order valence-electron chi connectivity index (χ4n) is 9.33. The standard InChI is InChI=1S/C63H55NO6/c65-59-54-40-56(64-57(47-24-10-2-11-25-47)42-53(46-22-8-1-9-23-46)43-58(64)48-26-12-3-13-27-48)41-55(59)45-70-63(52-34-20-7-21-35-52)61(50-30-16-5-17-31-50)68-39-37-66-36-38-67-60(49-28-14-4-15-29-49)62(69-44-54)51-32-18-6-19-33-51/h1-35,40-43,60-63H,36-39,44-45H2/t60-,61-,62-,63-/m1/s1. The van der Waals surface area contributed by atoms with Crippen LogP contribution in [0.2, 0.25) is 0 Å². The Hall–Kier alpha value is -7.49. The van der Waals surface area contributed by atoms with Crippen molar-refractivity contribution in [1.82, 2.24) is 0 Å². The SMILES string of the molecule is [O-]c1c2cc(-[n+]3c(-c4ccccc4)cc(-c4ccccc4)cc3-c3ccccc3)cc1CO[C@H](c1ccccc1)[C@@H](c1ccccc1)OCCOCCO[C@H](c1ccccc1)[C@@H](c1ccccc1)OC2. The molecule has 0 N–H and O–H groups in total. The molecule has 2 bridgehead atoms. The molecule has 10 rings (SSSR count). The Bertz CT molecular complexity index is 2850. The van der Waals surface area contributed by atoms with Crippen LogP contribution in [-0.2, 0) is 36.9 Å². The fourth-order valence-corrected chi connectivity index (χ4v) is 9.33. The predicted molar refractivity (Wildman–Crippen MR) is 273 cm³/mol. The van der Waals surface area contributed by atoms with Crippen molar-refractivity contribution in [3.05, 3.63) is 270 Å². The van der Waals surface area contributed by atoms with Gasteiger partial charge in [0.1, 0.15) is 24.4 Å². The van der Waals surface area contributed by atoms with Gasteiger partial charge in [0.15, 0.2) is 0 Å². The van der Waals surface area contributed by atoms with Gasteiger partial charge >= 0.3 is 0 Å². The fraction of sp³-hybridized carbons (Fsp3) is 0.159. The number of hydrogen-bond donors (Lipinski definition) is 0. The van der Waals surface area contributed by atoms with Gasteiger partial charge in [-0.2, -0.15) is 4.57 Å². The van der Waals surface area contributed by atoms with E-state index in [0.29, 0.717) is 37.6 Å². The van der Waals surface area contributed by atoms with Crippen LogP contribution in [0.3, 0.4) is 0 Å². The molecule has 7 heteroatoms. The van der Waals surface area contributed by atoms with Gasteiger partial charge in [0.25, 0.3) is 0 Å². The molecule has 1 aliphatic heterocycles. The Balaban J connectivity index is 1.18. The van der Waals surface area contributed by atoms with Crippen molar-refractivity contribution in [3.63, 3.8) is 0 Å². The van der Waals surface area contributed by atoms with Gasteiger partial charge in [0.2, 0.25) is 17.1 Å². The van der Waals surface area contributed by atoms with Crippen molar-refractivity contribution in [1.29, 1.82) is 0 Å². The van der Waals surface area contributed by atoms with Crippen molar-refractivity contribution in [3.8, 4) is 45.1 Å². The molecule has 70 heavy (non-hydrogen) atoms. The van der Waals surface area contributed by atoms with Crippen LogP contribution in [0.1, 0.15) is 57.8 Å².